The van der Waals surface area contributed by atoms with E-state index in [9.17, 15) is 0 Å². The zero-order chi connectivity index (χ0) is 9.42. The van der Waals surface area contributed by atoms with Crippen LogP contribution in [0.2, 0.25) is 0 Å². The molecule has 1 aromatic carbocycles. The van der Waals surface area contributed by atoms with Crippen LogP contribution in [0.4, 0.5) is 5.69 Å². The summed E-state index contributed by atoms with van der Waals surface area (Å²) in [5, 5.41) is 12.1. The Balaban J connectivity index is 2.84. The standard InChI is InChI=1S/C9H8INOS/c10-6-1-5(3-12)9-7(2-6)8(11)4-13-9/h1-2,4,12H,3,11H2. The number of thiophene rings is 1. The first-order chi connectivity index (χ1) is 6.22. The first-order valence-corrected chi connectivity index (χ1v) is 5.74. The molecule has 2 rings (SSSR count). The number of halogens is 1. The highest BCUT2D eigenvalue weighted by Crippen LogP contribution is 2.32. The molecule has 1 aromatic heterocycles. The van der Waals surface area contributed by atoms with Crippen LogP contribution in [0.15, 0.2) is 17.5 Å². The number of anilines is 1. The maximum absolute atomic E-state index is 9.13. The summed E-state index contributed by atoms with van der Waals surface area (Å²) in [6, 6.07) is 4.03. The Labute approximate surface area is 93.5 Å². The molecule has 0 aliphatic rings. The third kappa shape index (κ3) is 1.53. The molecule has 0 aliphatic carbocycles. The monoisotopic (exact) mass is 305 g/mol. The van der Waals surface area contributed by atoms with Gasteiger partial charge >= 0.3 is 0 Å². The number of nitrogen functional groups attached to an aromatic ring is 1. The number of rotatable bonds is 1. The second kappa shape index (κ2) is 3.43. The van der Waals surface area contributed by atoms with Gasteiger partial charge in [-0.1, -0.05) is 0 Å². The van der Waals surface area contributed by atoms with Gasteiger partial charge in [-0.25, -0.2) is 0 Å². The van der Waals surface area contributed by atoms with Gasteiger partial charge in [-0.3, -0.25) is 0 Å². The molecule has 0 saturated heterocycles. The highest BCUT2D eigenvalue weighted by Gasteiger charge is 2.06. The van der Waals surface area contributed by atoms with Crippen molar-refractivity contribution >= 4 is 49.7 Å². The molecule has 2 aromatic rings. The number of hydrogen-bond donors (Lipinski definition) is 2. The molecule has 13 heavy (non-hydrogen) atoms. The zero-order valence-corrected chi connectivity index (χ0v) is 9.72. The number of hydrogen-bond acceptors (Lipinski definition) is 3. The van der Waals surface area contributed by atoms with Crippen molar-refractivity contribution in [1.82, 2.24) is 0 Å². The topological polar surface area (TPSA) is 46.2 Å². The zero-order valence-electron chi connectivity index (χ0n) is 6.75. The predicted molar refractivity (Wildman–Crippen MR) is 64.9 cm³/mol. The highest BCUT2D eigenvalue weighted by molar-refractivity contribution is 14.1. The van der Waals surface area contributed by atoms with E-state index in [1.807, 2.05) is 17.5 Å². The van der Waals surface area contributed by atoms with Crippen molar-refractivity contribution in [2.75, 3.05) is 5.73 Å². The second-order valence-corrected chi connectivity index (χ2v) is 4.92. The number of aliphatic hydroxyl groups is 1. The smallest absolute Gasteiger partial charge is 0.0696 e. The van der Waals surface area contributed by atoms with E-state index in [2.05, 4.69) is 22.6 Å². The van der Waals surface area contributed by atoms with Crippen molar-refractivity contribution < 1.29 is 5.11 Å². The second-order valence-electron chi connectivity index (χ2n) is 2.79. The Kier molecular flexibility index (Phi) is 2.44. The first kappa shape index (κ1) is 9.23. The largest absolute Gasteiger partial charge is 0.398 e. The van der Waals surface area contributed by atoms with Gasteiger partial charge in [-0.15, -0.1) is 11.3 Å². The summed E-state index contributed by atoms with van der Waals surface area (Å²) in [5.74, 6) is 0. The maximum Gasteiger partial charge on any atom is 0.0696 e. The lowest BCUT2D eigenvalue weighted by atomic mass is 10.1. The van der Waals surface area contributed by atoms with Gasteiger partial charge in [-0.05, 0) is 40.3 Å². The van der Waals surface area contributed by atoms with Crippen LogP contribution in [0.5, 0.6) is 0 Å². The normalized spacial score (nSPS) is 10.9. The van der Waals surface area contributed by atoms with E-state index < -0.39 is 0 Å². The lowest BCUT2D eigenvalue weighted by Crippen LogP contribution is -1.86. The van der Waals surface area contributed by atoms with Crippen LogP contribution in [-0.4, -0.2) is 5.11 Å². The van der Waals surface area contributed by atoms with Crippen LogP contribution in [0.1, 0.15) is 5.56 Å². The quantitative estimate of drug-likeness (QED) is 0.796. The average Bonchev–Trinajstić information content (AvgIpc) is 2.47. The minimum atomic E-state index is 0.0767. The molecule has 0 unspecified atom stereocenters. The highest BCUT2D eigenvalue weighted by atomic mass is 127. The fourth-order valence-corrected chi connectivity index (χ4v) is 2.94. The first-order valence-electron chi connectivity index (χ1n) is 3.78. The maximum atomic E-state index is 9.13. The Morgan fingerprint density at radius 3 is 2.92 bits per heavy atom. The number of aliphatic hydroxyl groups excluding tert-OH is 1. The Morgan fingerprint density at radius 2 is 2.23 bits per heavy atom. The van der Waals surface area contributed by atoms with Crippen molar-refractivity contribution in [3.8, 4) is 0 Å². The van der Waals surface area contributed by atoms with Gasteiger partial charge < -0.3 is 10.8 Å². The third-order valence-electron chi connectivity index (χ3n) is 1.92. The van der Waals surface area contributed by atoms with Gasteiger partial charge in [0.1, 0.15) is 0 Å². The van der Waals surface area contributed by atoms with E-state index in [0.717, 1.165) is 24.9 Å². The molecule has 3 N–H and O–H groups in total. The van der Waals surface area contributed by atoms with Gasteiger partial charge in [0.25, 0.3) is 0 Å². The molecule has 68 valence electrons. The van der Waals surface area contributed by atoms with Crippen LogP contribution < -0.4 is 5.73 Å². The van der Waals surface area contributed by atoms with Crippen molar-refractivity contribution in [2.24, 2.45) is 0 Å². The third-order valence-corrected chi connectivity index (χ3v) is 3.63. The lowest BCUT2D eigenvalue weighted by molar-refractivity contribution is 0.283. The fraction of sp³-hybridized carbons (Fsp3) is 0.111. The summed E-state index contributed by atoms with van der Waals surface area (Å²) in [5.41, 5.74) is 7.56. The van der Waals surface area contributed by atoms with Crippen LogP contribution in [0.25, 0.3) is 10.1 Å². The van der Waals surface area contributed by atoms with E-state index in [4.69, 9.17) is 10.8 Å². The summed E-state index contributed by atoms with van der Waals surface area (Å²) >= 11 is 3.81. The number of benzene rings is 1. The lowest BCUT2D eigenvalue weighted by Gasteiger charge is -2.00. The van der Waals surface area contributed by atoms with Crippen LogP contribution in [-0.2, 0) is 6.61 Å². The van der Waals surface area contributed by atoms with Gasteiger partial charge in [0.15, 0.2) is 0 Å². The Morgan fingerprint density at radius 1 is 1.46 bits per heavy atom. The average molecular weight is 305 g/mol. The molecular formula is C9H8INOS. The molecule has 1 heterocycles. The van der Waals surface area contributed by atoms with Gasteiger partial charge in [-0.2, -0.15) is 0 Å². The molecule has 0 fully saturated rings. The molecule has 0 amide bonds. The molecule has 0 bridgehead atoms. The Bertz CT molecular complexity index is 452. The van der Waals surface area contributed by atoms with Crippen LogP contribution >= 0.6 is 33.9 Å². The van der Waals surface area contributed by atoms with E-state index in [-0.39, 0.29) is 6.61 Å². The number of fused-ring (bicyclic) bond motifs is 1. The van der Waals surface area contributed by atoms with Crippen molar-refractivity contribution in [3.63, 3.8) is 0 Å². The molecule has 0 saturated carbocycles. The molecule has 0 atom stereocenters. The fourth-order valence-electron chi connectivity index (χ4n) is 1.31. The minimum Gasteiger partial charge on any atom is -0.398 e. The molecule has 0 aliphatic heterocycles. The minimum absolute atomic E-state index is 0.0767. The summed E-state index contributed by atoms with van der Waals surface area (Å²) < 4.78 is 2.21. The summed E-state index contributed by atoms with van der Waals surface area (Å²) in [6.07, 6.45) is 0. The molecular weight excluding hydrogens is 297 g/mol. The Hall–Kier alpha value is -0.330. The molecule has 0 spiro atoms. The summed E-state index contributed by atoms with van der Waals surface area (Å²) in [7, 11) is 0. The van der Waals surface area contributed by atoms with Crippen molar-refractivity contribution in [3.05, 3.63) is 26.6 Å². The molecule has 0 radical (unpaired) electrons. The SMILES string of the molecule is Nc1csc2c(CO)cc(I)cc12. The van der Waals surface area contributed by atoms with Crippen molar-refractivity contribution in [1.29, 1.82) is 0 Å². The summed E-state index contributed by atoms with van der Waals surface area (Å²) in [4.78, 5) is 0. The predicted octanol–water partition coefficient (Wildman–Crippen LogP) is 2.58. The van der Waals surface area contributed by atoms with E-state index in [0.29, 0.717) is 0 Å². The van der Waals surface area contributed by atoms with Gasteiger partial charge in [0, 0.05) is 19.0 Å². The molecule has 4 heteroatoms. The van der Waals surface area contributed by atoms with Gasteiger partial charge in [0.05, 0.1) is 12.3 Å². The van der Waals surface area contributed by atoms with E-state index in [1.54, 1.807) is 11.3 Å². The van der Waals surface area contributed by atoms with Crippen LogP contribution in [0, 0.1) is 3.57 Å². The summed E-state index contributed by atoms with van der Waals surface area (Å²) in [6.45, 7) is 0.0767. The van der Waals surface area contributed by atoms with Crippen molar-refractivity contribution in [2.45, 2.75) is 6.61 Å². The molecule has 2 nitrogen and oxygen atoms in total. The van der Waals surface area contributed by atoms with Gasteiger partial charge in [0.2, 0.25) is 0 Å². The van der Waals surface area contributed by atoms with Crippen LogP contribution in [0.3, 0.4) is 0 Å². The number of nitrogens with two attached hydrogens (primary N) is 1. The van der Waals surface area contributed by atoms with E-state index >= 15 is 0 Å². The van der Waals surface area contributed by atoms with E-state index in [1.165, 1.54) is 0 Å².